The van der Waals surface area contributed by atoms with Crippen LogP contribution in [0.2, 0.25) is 0 Å². The molecule has 0 saturated heterocycles. The van der Waals surface area contributed by atoms with Crippen molar-refractivity contribution in [1.29, 1.82) is 0 Å². The van der Waals surface area contributed by atoms with Crippen LogP contribution in [0.4, 0.5) is 0 Å². The highest BCUT2D eigenvalue weighted by Crippen LogP contribution is 2.09. The van der Waals surface area contributed by atoms with Crippen molar-refractivity contribution in [2.75, 3.05) is 27.7 Å². The molecule has 0 aromatic heterocycles. The molecule has 0 fully saturated rings. The quantitative estimate of drug-likeness (QED) is 0.274. The number of aliphatic hydroxyl groups is 1. The van der Waals surface area contributed by atoms with E-state index in [1.54, 1.807) is 0 Å². The third-order valence-electron chi connectivity index (χ3n) is 3.54. The van der Waals surface area contributed by atoms with Crippen molar-refractivity contribution in [1.82, 2.24) is 0 Å². The van der Waals surface area contributed by atoms with Crippen LogP contribution in [0.3, 0.4) is 0 Å². The van der Waals surface area contributed by atoms with Gasteiger partial charge < -0.3 is 19.4 Å². The first-order valence-electron chi connectivity index (χ1n) is 9.48. The molecule has 6 nitrogen and oxygen atoms in total. The number of esters is 1. The zero-order chi connectivity index (χ0) is 20.7. The highest BCUT2D eigenvalue weighted by Gasteiger charge is 2.25. The maximum absolute atomic E-state index is 12.0. The lowest BCUT2D eigenvalue weighted by molar-refractivity contribution is -0.873. The average Bonchev–Trinajstić information content (AvgIpc) is 2.50. The Balaban J connectivity index is 4.21. The Hall–Kier alpha value is -1.92. The molecule has 0 aliphatic carbocycles. The topological polar surface area (TPSA) is 83.8 Å². The molecule has 0 radical (unpaired) electrons. The Morgan fingerprint density at radius 3 is 2.04 bits per heavy atom. The van der Waals surface area contributed by atoms with Gasteiger partial charge in [-0.25, -0.2) is 0 Å². The van der Waals surface area contributed by atoms with Crippen LogP contribution in [-0.2, 0) is 14.3 Å². The molecule has 0 rings (SSSR count). The minimum absolute atomic E-state index is 0.144. The van der Waals surface area contributed by atoms with Gasteiger partial charge in [-0.3, -0.25) is 9.59 Å². The molecular weight excluding hydrogens is 346 g/mol. The van der Waals surface area contributed by atoms with Crippen LogP contribution in [0, 0.1) is 0 Å². The Kier molecular flexibility index (Phi) is 13.2. The number of allylic oxidation sites excluding steroid dienone is 5. The van der Waals surface area contributed by atoms with Crippen molar-refractivity contribution in [3.05, 3.63) is 36.5 Å². The summed E-state index contributed by atoms with van der Waals surface area (Å²) in [4.78, 5) is 22.9. The predicted molar refractivity (Wildman–Crippen MR) is 107 cm³/mol. The summed E-state index contributed by atoms with van der Waals surface area (Å²) in [5.41, 5.74) is 0. The van der Waals surface area contributed by atoms with Gasteiger partial charge in [0.2, 0.25) is 0 Å². The number of ether oxygens (including phenoxy) is 1. The summed E-state index contributed by atoms with van der Waals surface area (Å²) < 4.78 is 5.75. The average molecular weight is 383 g/mol. The fraction of sp³-hybridized carbons (Fsp3) is 0.619. The normalized spacial score (nSPS) is 14.9. The van der Waals surface area contributed by atoms with Gasteiger partial charge in [0.05, 0.1) is 40.1 Å². The van der Waals surface area contributed by atoms with Gasteiger partial charge in [0, 0.05) is 0 Å². The molecule has 2 unspecified atom stereocenters. The van der Waals surface area contributed by atoms with Crippen molar-refractivity contribution >= 4 is 11.9 Å². The number of carboxylic acids is 1. The minimum atomic E-state index is -1.01. The molecule has 0 amide bonds. The van der Waals surface area contributed by atoms with Crippen LogP contribution in [0.1, 0.15) is 45.4 Å². The first kappa shape index (κ1) is 25.1. The molecule has 2 N–H and O–H groups in total. The lowest BCUT2D eigenvalue weighted by Crippen LogP contribution is -2.44. The van der Waals surface area contributed by atoms with Gasteiger partial charge in [-0.15, -0.1) is 0 Å². The number of hydrogen-bond acceptors (Lipinski definition) is 4. The number of rotatable bonds is 14. The Morgan fingerprint density at radius 2 is 1.52 bits per heavy atom. The molecule has 154 valence electrons. The zero-order valence-corrected chi connectivity index (χ0v) is 17.1. The van der Waals surface area contributed by atoms with E-state index in [-0.39, 0.29) is 12.8 Å². The number of likely N-dealkylation sites (N-methyl/N-ethyl adjacent to an activating group) is 1. The lowest BCUT2D eigenvalue weighted by Gasteiger charge is -2.28. The fourth-order valence-corrected chi connectivity index (χ4v) is 2.42. The molecule has 27 heavy (non-hydrogen) atoms. The smallest absolute Gasteiger partial charge is 0.308 e. The molecule has 2 atom stereocenters. The number of carbonyl (C=O) groups excluding carboxylic acids is 1. The van der Waals surface area contributed by atoms with Gasteiger partial charge in [-0.05, 0) is 25.7 Å². The van der Waals surface area contributed by atoms with Gasteiger partial charge in [0.25, 0.3) is 0 Å². The Labute approximate surface area is 163 Å². The van der Waals surface area contributed by atoms with E-state index < -0.39 is 24.1 Å². The highest BCUT2D eigenvalue weighted by molar-refractivity contribution is 5.72. The van der Waals surface area contributed by atoms with Gasteiger partial charge in [-0.2, -0.15) is 0 Å². The van der Waals surface area contributed by atoms with E-state index in [9.17, 15) is 14.7 Å². The van der Waals surface area contributed by atoms with E-state index in [4.69, 9.17) is 9.84 Å². The van der Waals surface area contributed by atoms with Gasteiger partial charge in [0.15, 0.2) is 6.10 Å². The van der Waals surface area contributed by atoms with E-state index in [1.807, 2.05) is 33.3 Å². The fourth-order valence-electron chi connectivity index (χ4n) is 2.42. The molecule has 0 aromatic carbocycles. The third kappa shape index (κ3) is 17.3. The second-order valence-electron chi connectivity index (χ2n) is 7.57. The summed E-state index contributed by atoms with van der Waals surface area (Å²) in [5, 5.41) is 18.9. The van der Waals surface area contributed by atoms with Gasteiger partial charge in [-0.1, -0.05) is 43.4 Å². The Morgan fingerprint density at radius 1 is 0.963 bits per heavy atom. The second kappa shape index (κ2) is 14.2. The number of carboxylic acid groups (broad SMARTS) is 1. The minimum Gasteiger partial charge on any atom is -0.481 e. The first-order chi connectivity index (χ1) is 12.6. The standard InChI is InChI=1S/C21H35NO5/c1-5-6-7-8-9-10-11-12-13-14-18(23)15-21(26)27-19(16-20(24)25)17-22(2,3)4/h6-7,9-10,12-13,18-19,23H,5,8,11,14-17H2,1-4H3/p+1/b7-6+,10-9+,13-12+. The molecular formula is C21H36NO5+. The number of quaternary nitrogens is 1. The number of nitrogens with zero attached hydrogens (tertiary/aromatic N) is 1. The highest BCUT2D eigenvalue weighted by atomic mass is 16.5. The largest absolute Gasteiger partial charge is 0.481 e. The van der Waals surface area contributed by atoms with Crippen LogP contribution in [0.15, 0.2) is 36.5 Å². The maximum atomic E-state index is 12.0. The molecule has 0 heterocycles. The number of carbonyl (C=O) groups is 2. The Bertz CT molecular complexity index is 517. The van der Waals surface area contributed by atoms with Crippen molar-refractivity contribution in [3.63, 3.8) is 0 Å². The van der Waals surface area contributed by atoms with Crippen LogP contribution in [0.25, 0.3) is 0 Å². The summed E-state index contributed by atoms with van der Waals surface area (Å²) in [6.45, 7) is 2.49. The SMILES string of the molecule is CC/C=C/C/C=C/C/C=C/CC(O)CC(=O)OC(CC(=O)O)C[N+](C)(C)C. The molecule has 0 aliphatic rings. The second-order valence-corrected chi connectivity index (χ2v) is 7.57. The molecule has 0 aromatic rings. The van der Waals surface area contributed by atoms with Gasteiger partial charge in [0.1, 0.15) is 6.54 Å². The van der Waals surface area contributed by atoms with E-state index in [0.29, 0.717) is 17.4 Å². The lowest BCUT2D eigenvalue weighted by atomic mass is 10.1. The van der Waals surface area contributed by atoms with E-state index in [2.05, 4.69) is 31.2 Å². The van der Waals surface area contributed by atoms with E-state index in [0.717, 1.165) is 19.3 Å². The zero-order valence-electron chi connectivity index (χ0n) is 17.1. The third-order valence-corrected chi connectivity index (χ3v) is 3.54. The van der Waals surface area contributed by atoms with Crippen molar-refractivity contribution < 1.29 is 29.0 Å². The number of aliphatic hydroxyl groups excluding tert-OH is 1. The van der Waals surface area contributed by atoms with Gasteiger partial charge >= 0.3 is 11.9 Å². The number of hydrogen-bond donors (Lipinski definition) is 2. The molecule has 0 aliphatic heterocycles. The first-order valence-corrected chi connectivity index (χ1v) is 9.48. The maximum Gasteiger partial charge on any atom is 0.308 e. The van der Waals surface area contributed by atoms with Crippen LogP contribution in [0.5, 0.6) is 0 Å². The van der Waals surface area contributed by atoms with E-state index >= 15 is 0 Å². The summed E-state index contributed by atoms with van der Waals surface area (Å²) in [5.74, 6) is -1.58. The van der Waals surface area contributed by atoms with Crippen LogP contribution in [-0.4, -0.2) is 66.5 Å². The van der Waals surface area contributed by atoms with Crippen molar-refractivity contribution in [2.24, 2.45) is 0 Å². The van der Waals surface area contributed by atoms with Crippen molar-refractivity contribution in [2.45, 2.75) is 57.7 Å². The monoisotopic (exact) mass is 382 g/mol. The predicted octanol–water partition coefficient (Wildman–Crippen LogP) is 3.08. The molecule has 6 heteroatoms. The number of aliphatic carboxylic acids is 1. The van der Waals surface area contributed by atoms with Crippen LogP contribution < -0.4 is 0 Å². The summed E-state index contributed by atoms with van der Waals surface area (Å²) >= 11 is 0. The summed E-state index contributed by atoms with van der Waals surface area (Å²) in [6.07, 6.45) is 13.3. The molecule has 0 saturated carbocycles. The molecule has 0 bridgehead atoms. The summed E-state index contributed by atoms with van der Waals surface area (Å²) in [7, 11) is 5.70. The van der Waals surface area contributed by atoms with Crippen molar-refractivity contribution in [3.8, 4) is 0 Å². The summed E-state index contributed by atoms with van der Waals surface area (Å²) in [6, 6.07) is 0. The van der Waals surface area contributed by atoms with E-state index in [1.165, 1.54) is 0 Å². The molecule has 0 spiro atoms. The van der Waals surface area contributed by atoms with Crippen LogP contribution >= 0.6 is 0 Å².